The second kappa shape index (κ2) is 11.5. The van der Waals surface area contributed by atoms with E-state index in [0.29, 0.717) is 16.8 Å². The number of benzene rings is 3. The largest absolute Gasteiger partial charge is 0.417 e. The van der Waals surface area contributed by atoms with E-state index in [1.807, 2.05) is 6.07 Å². The van der Waals surface area contributed by atoms with Crippen LogP contribution in [0.1, 0.15) is 34.0 Å². The third-order valence-electron chi connectivity index (χ3n) is 6.27. The molecule has 0 saturated carbocycles. The first-order valence-corrected chi connectivity index (χ1v) is 11.9. The van der Waals surface area contributed by atoms with Gasteiger partial charge in [0.1, 0.15) is 13.2 Å². The Labute approximate surface area is 217 Å². The standard InChI is InChI=1S/C28H26F3N3O4/c1-38-33-21-15-24(26(36)32-16-25(35)19-7-3-2-4-8-19)34(17-21)27(37)20-13-11-18(12-14-20)22-9-5-6-10-23(22)28(29,30)31/h2-14,24-25,35H,15-17H2,1H3,(H,32,36)/b33-21+/t24-,25-/m0/s1. The number of hydrogen-bond acceptors (Lipinski definition) is 5. The van der Waals surface area contributed by atoms with Gasteiger partial charge in [-0.1, -0.05) is 65.8 Å². The number of nitrogens with one attached hydrogen (secondary N) is 1. The van der Waals surface area contributed by atoms with Gasteiger partial charge in [0.2, 0.25) is 5.91 Å². The van der Waals surface area contributed by atoms with Crippen molar-refractivity contribution in [1.29, 1.82) is 0 Å². The molecule has 0 spiro atoms. The minimum atomic E-state index is -4.52. The Balaban J connectivity index is 1.51. The molecule has 0 aliphatic carbocycles. The van der Waals surface area contributed by atoms with E-state index in [4.69, 9.17) is 4.84 Å². The molecule has 0 aromatic heterocycles. The molecule has 1 aliphatic heterocycles. The van der Waals surface area contributed by atoms with Crippen LogP contribution in [0.15, 0.2) is 84.0 Å². The van der Waals surface area contributed by atoms with Crippen LogP contribution in [0.25, 0.3) is 11.1 Å². The van der Waals surface area contributed by atoms with E-state index < -0.39 is 35.7 Å². The number of aliphatic hydroxyl groups excluding tert-OH is 1. The van der Waals surface area contributed by atoms with Gasteiger partial charge in [-0.05, 0) is 34.9 Å². The lowest BCUT2D eigenvalue weighted by Crippen LogP contribution is -2.46. The number of carbonyl (C=O) groups excluding carboxylic acids is 2. The molecule has 7 nitrogen and oxygen atoms in total. The zero-order chi connectivity index (χ0) is 27.3. The second-order valence-corrected chi connectivity index (χ2v) is 8.79. The third kappa shape index (κ3) is 6.03. The number of alkyl halides is 3. The molecule has 38 heavy (non-hydrogen) atoms. The summed E-state index contributed by atoms with van der Waals surface area (Å²) in [6.45, 7) is -0.00387. The van der Waals surface area contributed by atoms with Crippen molar-refractivity contribution >= 4 is 17.5 Å². The number of nitrogens with zero attached hydrogens (tertiary/aromatic N) is 2. The summed E-state index contributed by atoms with van der Waals surface area (Å²) < 4.78 is 40.3. The average Bonchev–Trinajstić information content (AvgIpc) is 3.35. The number of aliphatic hydroxyl groups is 1. The molecule has 198 valence electrons. The second-order valence-electron chi connectivity index (χ2n) is 8.79. The van der Waals surface area contributed by atoms with Gasteiger partial charge in [0.05, 0.1) is 23.9 Å². The molecule has 2 N–H and O–H groups in total. The van der Waals surface area contributed by atoms with E-state index in [-0.39, 0.29) is 30.6 Å². The Morgan fingerprint density at radius 2 is 1.71 bits per heavy atom. The quantitative estimate of drug-likeness (QED) is 0.447. The van der Waals surface area contributed by atoms with Crippen LogP contribution in [0.4, 0.5) is 13.2 Å². The summed E-state index contributed by atoms with van der Waals surface area (Å²) in [5, 5.41) is 17.0. The Bertz CT molecular complexity index is 1310. The highest BCUT2D eigenvalue weighted by molar-refractivity contribution is 6.05. The molecule has 0 bridgehead atoms. The van der Waals surface area contributed by atoms with Gasteiger partial charge in [-0.15, -0.1) is 0 Å². The van der Waals surface area contributed by atoms with Crippen LogP contribution in [0, 0.1) is 0 Å². The topological polar surface area (TPSA) is 91.2 Å². The van der Waals surface area contributed by atoms with E-state index in [2.05, 4.69) is 10.5 Å². The summed E-state index contributed by atoms with van der Waals surface area (Å²) in [6, 6.07) is 18.9. The molecule has 1 saturated heterocycles. The monoisotopic (exact) mass is 525 g/mol. The Hall–Kier alpha value is -4.18. The van der Waals surface area contributed by atoms with Gasteiger partial charge < -0.3 is 20.2 Å². The van der Waals surface area contributed by atoms with E-state index in [0.717, 1.165) is 6.07 Å². The van der Waals surface area contributed by atoms with E-state index in [1.54, 1.807) is 24.3 Å². The van der Waals surface area contributed by atoms with Crippen molar-refractivity contribution in [2.75, 3.05) is 20.2 Å². The summed E-state index contributed by atoms with van der Waals surface area (Å²) in [4.78, 5) is 32.6. The van der Waals surface area contributed by atoms with Crippen LogP contribution >= 0.6 is 0 Å². The number of amides is 2. The molecule has 10 heteroatoms. The fourth-order valence-electron chi connectivity index (χ4n) is 4.40. The maximum absolute atomic E-state index is 13.4. The first-order chi connectivity index (χ1) is 18.2. The Morgan fingerprint density at radius 3 is 2.37 bits per heavy atom. The highest BCUT2D eigenvalue weighted by atomic mass is 19.4. The predicted octanol–water partition coefficient (Wildman–Crippen LogP) is 4.44. The van der Waals surface area contributed by atoms with Crippen LogP contribution in [0.3, 0.4) is 0 Å². The molecule has 4 rings (SSSR count). The lowest BCUT2D eigenvalue weighted by atomic mass is 9.98. The van der Waals surface area contributed by atoms with Gasteiger partial charge in [0, 0.05) is 18.5 Å². The van der Waals surface area contributed by atoms with E-state index in [1.165, 1.54) is 54.5 Å². The van der Waals surface area contributed by atoms with Crippen molar-refractivity contribution < 1.29 is 32.7 Å². The van der Waals surface area contributed by atoms with Gasteiger partial charge in [0.15, 0.2) is 0 Å². The summed E-state index contributed by atoms with van der Waals surface area (Å²) in [6.07, 6.45) is -5.30. The summed E-state index contributed by atoms with van der Waals surface area (Å²) >= 11 is 0. The number of hydrogen-bond donors (Lipinski definition) is 2. The zero-order valence-corrected chi connectivity index (χ0v) is 20.5. The fraction of sp³-hybridized carbons (Fsp3) is 0.250. The van der Waals surface area contributed by atoms with E-state index in [9.17, 15) is 27.9 Å². The predicted molar refractivity (Wildman–Crippen MR) is 135 cm³/mol. The lowest BCUT2D eigenvalue weighted by molar-refractivity contribution is -0.137. The van der Waals surface area contributed by atoms with Crippen molar-refractivity contribution in [2.24, 2.45) is 5.16 Å². The van der Waals surface area contributed by atoms with Crippen LogP contribution in [-0.2, 0) is 15.8 Å². The molecule has 3 aromatic carbocycles. The summed E-state index contributed by atoms with van der Waals surface area (Å²) in [5.41, 5.74) is 0.874. The average molecular weight is 526 g/mol. The van der Waals surface area contributed by atoms with Crippen LogP contribution in [0.5, 0.6) is 0 Å². The van der Waals surface area contributed by atoms with Gasteiger partial charge in [0.25, 0.3) is 5.91 Å². The first kappa shape index (κ1) is 26.9. The summed E-state index contributed by atoms with van der Waals surface area (Å²) in [7, 11) is 1.36. The zero-order valence-electron chi connectivity index (χ0n) is 20.5. The van der Waals surface area contributed by atoms with Gasteiger partial charge >= 0.3 is 6.18 Å². The SMILES string of the molecule is CO/N=C1\C[C@@H](C(=O)NC[C@H](O)c2ccccc2)N(C(=O)c2ccc(-c3ccccc3C(F)(F)F)cc2)C1. The van der Waals surface area contributed by atoms with Crippen molar-refractivity contribution in [3.05, 3.63) is 95.6 Å². The fourth-order valence-corrected chi connectivity index (χ4v) is 4.40. The van der Waals surface area contributed by atoms with Crippen molar-refractivity contribution in [3.8, 4) is 11.1 Å². The number of oxime groups is 1. The number of halogens is 3. The van der Waals surface area contributed by atoms with Gasteiger partial charge in [-0.25, -0.2) is 0 Å². The molecule has 1 fully saturated rings. The maximum Gasteiger partial charge on any atom is 0.417 e. The number of carbonyl (C=O) groups is 2. The molecular weight excluding hydrogens is 499 g/mol. The van der Waals surface area contributed by atoms with Crippen LogP contribution < -0.4 is 5.32 Å². The smallest absolute Gasteiger partial charge is 0.399 e. The molecule has 1 aliphatic rings. The Kier molecular flexibility index (Phi) is 8.11. The van der Waals surface area contributed by atoms with Gasteiger partial charge in [-0.3, -0.25) is 9.59 Å². The molecule has 2 amide bonds. The minimum Gasteiger partial charge on any atom is -0.399 e. The molecular formula is C28H26F3N3O4. The highest BCUT2D eigenvalue weighted by Crippen LogP contribution is 2.37. The Morgan fingerprint density at radius 1 is 1.05 bits per heavy atom. The lowest BCUT2D eigenvalue weighted by Gasteiger charge is -2.24. The van der Waals surface area contributed by atoms with Crippen molar-refractivity contribution in [3.63, 3.8) is 0 Å². The molecule has 0 radical (unpaired) electrons. The van der Waals surface area contributed by atoms with E-state index >= 15 is 0 Å². The van der Waals surface area contributed by atoms with Crippen molar-refractivity contribution in [2.45, 2.75) is 24.7 Å². The molecule has 2 atom stereocenters. The number of likely N-dealkylation sites (tertiary alicyclic amines) is 1. The van der Waals surface area contributed by atoms with Crippen LogP contribution in [-0.4, -0.2) is 53.8 Å². The van der Waals surface area contributed by atoms with Gasteiger partial charge in [-0.2, -0.15) is 13.2 Å². The number of rotatable bonds is 7. The van der Waals surface area contributed by atoms with Crippen LogP contribution in [0.2, 0.25) is 0 Å². The maximum atomic E-state index is 13.4. The highest BCUT2D eigenvalue weighted by Gasteiger charge is 2.39. The third-order valence-corrected chi connectivity index (χ3v) is 6.27. The normalized spacial score (nSPS) is 17.3. The first-order valence-electron chi connectivity index (χ1n) is 11.9. The molecule has 1 heterocycles. The molecule has 0 unspecified atom stereocenters. The summed E-state index contributed by atoms with van der Waals surface area (Å²) in [5.74, 6) is -0.948. The van der Waals surface area contributed by atoms with Crippen molar-refractivity contribution in [1.82, 2.24) is 10.2 Å². The molecule has 3 aromatic rings. The minimum absolute atomic E-state index is 0.00362.